The molecule has 0 unspecified atom stereocenters. The maximum atomic E-state index is 5.89. The first kappa shape index (κ1) is 18.6. The molecule has 1 saturated heterocycles. The smallest absolute Gasteiger partial charge is 0.193 e. The van der Waals surface area contributed by atoms with Crippen molar-refractivity contribution in [2.45, 2.75) is 32.6 Å². The predicted octanol–water partition coefficient (Wildman–Crippen LogP) is 3.95. The average molecular weight is 422 g/mol. The molecule has 0 radical (unpaired) electrons. The van der Waals surface area contributed by atoms with Gasteiger partial charge in [-0.1, -0.05) is 23.7 Å². The summed E-state index contributed by atoms with van der Waals surface area (Å²) in [5.41, 5.74) is 1.33. The number of nitrogens with one attached hydrogen (secondary N) is 1. The molecular weight excluding hydrogens is 397 g/mol. The standard InChI is InChI=1S/C16H24ClN3.HI/c1-2-18-16(20-12-3-4-13-20)19-11-5-6-14-7-9-15(17)10-8-14;/h7-10H,2-6,11-13H2,1H3,(H,18,19);1H. The summed E-state index contributed by atoms with van der Waals surface area (Å²) in [5, 5.41) is 4.19. The largest absolute Gasteiger partial charge is 0.357 e. The van der Waals surface area contributed by atoms with Crippen molar-refractivity contribution in [3.63, 3.8) is 0 Å². The topological polar surface area (TPSA) is 27.6 Å². The van der Waals surface area contributed by atoms with Crippen LogP contribution < -0.4 is 5.32 Å². The van der Waals surface area contributed by atoms with Gasteiger partial charge < -0.3 is 10.2 Å². The Morgan fingerprint density at radius 3 is 2.52 bits per heavy atom. The highest BCUT2D eigenvalue weighted by atomic mass is 127. The molecule has 0 amide bonds. The van der Waals surface area contributed by atoms with Gasteiger partial charge in [-0.15, -0.1) is 24.0 Å². The van der Waals surface area contributed by atoms with Crippen molar-refractivity contribution in [2.24, 2.45) is 4.99 Å². The molecule has 5 heteroatoms. The summed E-state index contributed by atoms with van der Waals surface area (Å²) >= 11 is 5.89. The van der Waals surface area contributed by atoms with Crippen molar-refractivity contribution in [3.8, 4) is 0 Å². The molecule has 0 atom stereocenters. The van der Waals surface area contributed by atoms with Crippen LogP contribution in [0.15, 0.2) is 29.3 Å². The van der Waals surface area contributed by atoms with Gasteiger partial charge in [0.25, 0.3) is 0 Å². The third-order valence-corrected chi connectivity index (χ3v) is 3.79. The molecule has 0 spiro atoms. The maximum Gasteiger partial charge on any atom is 0.193 e. The molecule has 0 saturated carbocycles. The predicted molar refractivity (Wildman–Crippen MR) is 102 cm³/mol. The number of hydrogen-bond donors (Lipinski definition) is 1. The van der Waals surface area contributed by atoms with Crippen molar-refractivity contribution >= 4 is 41.5 Å². The van der Waals surface area contributed by atoms with Crippen LogP contribution in [0, 0.1) is 0 Å². The molecule has 1 aliphatic heterocycles. The summed E-state index contributed by atoms with van der Waals surface area (Å²) in [4.78, 5) is 7.10. The minimum Gasteiger partial charge on any atom is -0.357 e. The van der Waals surface area contributed by atoms with Gasteiger partial charge in [0.15, 0.2) is 5.96 Å². The third kappa shape index (κ3) is 6.43. The molecule has 21 heavy (non-hydrogen) atoms. The lowest BCUT2D eigenvalue weighted by molar-refractivity contribution is 0.493. The second-order valence-corrected chi connectivity index (χ2v) is 5.60. The van der Waals surface area contributed by atoms with E-state index in [1.807, 2.05) is 12.1 Å². The van der Waals surface area contributed by atoms with E-state index in [4.69, 9.17) is 16.6 Å². The summed E-state index contributed by atoms with van der Waals surface area (Å²) < 4.78 is 0. The van der Waals surface area contributed by atoms with Crippen LogP contribution in [0.2, 0.25) is 5.02 Å². The Bertz CT molecular complexity index is 428. The molecule has 1 N–H and O–H groups in total. The quantitative estimate of drug-likeness (QED) is 0.337. The highest BCUT2D eigenvalue weighted by Crippen LogP contribution is 2.11. The SMILES string of the molecule is CCNC(=NCCCc1ccc(Cl)cc1)N1CCCC1.I. The van der Waals surface area contributed by atoms with E-state index in [1.54, 1.807) is 0 Å². The van der Waals surface area contributed by atoms with Gasteiger partial charge in [-0.05, 0) is 50.3 Å². The van der Waals surface area contributed by atoms with Gasteiger partial charge in [-0.25, -0.2) is 0 Å². The van der Waals surface area contributed by atoms with E-state index in [2.05, 4.69) is 29.3 Å². The first-order valence-corrected chi connectivity index (χ1v) is 7.95. The van der Waals surface area contributed by atoms with E-state index in [0.29, 0.717) is 0 Å². The monoisotopic (exact) mass is 421 g/mol. The van der Waals surface area contributed by atoms with Gasteiger partial charge in [-0.2, -0.15) is 0 Å². The fourth-order valence-electron chi connectivity index (χ4n) is 2.47. The molecule has 1 aliphatic rings. The molecule has 0 aliphatic carbocycles. The molecule has 118 valence electrons. The van der Waals surface area contributed by atoms with Gasteiger partial charge in [0.2, 0.25) is 0 Å². The number of aliphatic imine (C=N–C) groups is 1. The zero-order valence-electron chi connectivity index (χ0n) is 12.6. The van der Waals surface area contributed by atoms with Gasteiger partial charge in [0, 0.05) is 31.2 Å². The van der Waals surface area contributed by atoms with Crippen LogP contribution in [-0.4, -0.2) is 37.0 Å². The van der Waals surface area contributed by atoms with Crippen molar-refractivity contribution in [1.29, 1.82) is 0 Å². The molecule has 3 nitrogen and oxygen atoms in total. The normalized spacial score (nSPS) is 15.0. The fraction of sp³-hybridized carbons (Fsp3) is 0.562. The zero-order valence-corrected chi connectivity index (χ0v) is 15.7. The van der Waals surface area contributed by atoms with Crippen LogP contribution in [0.5, 0.6) is 0 Å². The maximum absolute atomic E-state index is 5.89. The summed E-state index contributed by atoms with van der Waals surface area (Å²) in [5.74, 6) is 1.08. The zero-order chi connectivity index (χ0) is 14.2. The number of likely N-dealkylation sites (tertiary alicyclic amines) is 1. The molecule has 0 bridgehead atoms. The molecule has 1 aromatic rings. The number of aryl methyl sites for hydroxylation is 1. The number of nitrogens with zero attached hydrogens (tertiary/aromatic N) is 2. The van der Waals surface area contributed by atoms with E-state index in [9.17, 15) is 0 Å². The third-order valence-electron chi connectivity index (χ3n) is 3.54. The van der Waals surface area contributed by atoms with Crippen LogP contribution >= 0.6 is 35.6 Å². The Morgan fingerprint density at radius 2 is 1.90 bits per heavy atom. The van der Waals surface area contributed by atoms with Crippen LogP contribution in [0.4, 0.5) is 0 Å². The number of guanidine groups is 1. The summed E-state index contributed by atoms with van der Waals surface area (Å²) in [6.07, 6.45) is 4.70. The van der Waals surface area contributed by atoms with Crippen LogP contribution in [0.25, 0.3) is 0 Å². The number of hydrogen-bond acceptors (Lipinski definition) is 1. The van der Waals surface area contributed by atoms with Gasteiger partial charge in [0.05, 0.1) is 0 Å². The van der Waals surface area contributed by atoms with Crippen molar-refractivity contribution in [2.75, 3.05) is 26.2 Å². The van der Waals surface area contributed by atoms with Crippen LogP contribution in [0.3, 0.4) is 0 Å². The van der Waals surface area contributed by atoms with E-state index >= 15 is 0 Å². The second-order valence-electron chi connectivity index (χ2n) is 5.16. The van der Waals surface area contributed by atoms with Crippen LogP contribution in [-0.2, 0) is 6.42 Å². The molecule has 1 fully saturated rings. The fourth-order valence-corrected chi connectivity index (χ4v) is 2.60. The lowest BCUT2D eigenvalue weighted by atomic mass is 10.1. The number of rotatable bonds is 5. The lowest BCUT2D eigenvalue weighted by Gasteiger charge is -2.20. The van der Waals surface area contributed by atoms with Gasteiger partial charge in [-0.3, -0.25) is 4.99 Å². The molecule has 2 rings (SSSR count). The highest BCUT2D eigenvalue weighted by molar-refractivity contribution is 14.0. The number of benzene rings is 1. The Morgan fingerprint density at radius 1 is 1.24 bits per heavy atom. The van der Waals surface area contributed by atoms with Crippen molar-refractivity contribution < 1.29 is 0 Å². The van der Waals surface area contributed by atoms with E-state index in [1.165, 1.54) is 18.4 Å². The first-order chi connectivity index (χ1) is 9.79. The van der Waals surface area contributed by atoms with E-state index in [0.717, 1.165) is 50.0 Å². The Hall–Kier alpha value is -0.490. The summed E-state index contributed by atoms with van der Waals surface area (Å²) in [6, 6.07) is 8.10. The molecular formula is C16H25ClIN3. The Balaban J connectivity index is 0.00000220. The minimum absolute atomic E-state index is 0. The van der Waals surface area contributed by atoms with Gasteiger partial charge in [0.1, 0.15) is 0 Å². The van der Waals surface area contributed by atoms with Gasteiger partial charge >= 0.3 is 0 Å². The lowest BCUT2D eigenvalue weighted by Crippen LogP contribution is -2.39. The first-order valence-electron chi connectivity index (χ1n) is 7.57. The van der Waals surface area contributed by atoms with E-state index < -0.39 is 0 Å². The van der Waals surface area contributed by atoms with E-state index in [-0.39, 0.29) is 24.0 Å². The minimum atomic E-state index is 0. The Labute approximate surface area is 150 Å². The second kappa shape index (κ2) is 10.3. The average Bonchev–Trinajstić information content (AvgIpc) is 2.98. The molecule has 1 aromatic carbocycles. The summed E-state index contributed by atoms with van der Waals surface area (Å²) in [7, 11) is 0. The highest BCUT2D eigenvalue weighted by Gasteiger charge is 2.14. The number of halogens is 2. The molecule has 0 aromatic heterocycles. The van der Waals surface area contributed by atoms with Crippen LogP contribution in [0.1, 0.15) is 31.7 Å². The summed E-state index contributed by atoms with van der Waals surface area (Å²) in [6.45, 7) is 6.22. The Kier molecular flexibility index (Phi) is 9.08. The molecule has 1 heterocycles. The van der Waals surface area contributed by atoms with Crippen molar-refractivity contribution in [1.82, 2.24) is 10.2 Å². The van der Waals surface area contributed by atoms with Crippen molar-refractivity contribution in [3.05, 3.63) is 34.9 Å².